The van der Waals surface area contributed by atoms with Gasteiger partial charge in [0, 0.05) is 8.95 Å². The molecule has 0 bridgehead atoms. The fourth-order valence-corrected chi connectivity index (χ4v) is 2.37. The summed E-state index contributed by atoms with van der Waals surface area (Å²) < 4.78 is 7.33. The number of benzene rings is 2. The number of hydrogen-bond donors (Lipinski definition) is 1. The summed E-state index contributed by atoms with van der Waals surface area (Å²) in [6.07, 6.45) is 0. The number of carboxylic acid groups (broad SMARTS) is 1. The Labute approximate surface area is 127 Å². The molecule has 0 aliphatic heterocycles. The molecule has 5 heteroatoms. The molecule has 0 unspecified atom stereocenters. The lowest BCUT2D eigenvalue weighted by Crippen LogP contribution is -2.03. The summed E-state index contributed by atoms with van der Waals surface area (Å²) in [4.78, 5) is 11.1. The Morgan fingerprint density at radius 1 is 1.11 bits per heavy atom. The molecule has 0 atom stereocenters. The van der Waals surface area contributed by atoms with E-state index >= 15 is 0 Å². The van der Waals surface area contributed by atoms with Crippen LogP contribution in [0.3, 0.4) is 0 Å². The van der Waals surface area contributed by atoms with Crippen molar-refractivity contribution in [3.8, 4) is 5.75 Å². The van der Waals surface area contributed by atoms with E-state index in [0.717, 1.165) is 14.5 Å². The normalized spacial score (nSPS) is 10.2. The Morgan fingerprint density at radius 3 is 2.53 bits per heavy atom. The van der Waals surface area contributed by atoms with Crippen LogP contribution in [0.15, 0.2) is 51.4 Å². The second-order valence-electron chi connectivity index (χ2n) is 3.86. The molecule has 0 aliphatic carbocycles. The quantitative estimate of drug-likeness (QED) is 0.843. The zero-order valence-electron chi connectivity index (χ0n) is 9.77. The van der Waals surface area contributed by atoms with Gasteiger partial charge >= 0.3 is 5.97 Å². The molecule has 0 spiro atoms. The minimum Gasteiger partial charge on any atom is -0.488 e. The Kier molecular flexibility index (Phi) is 4.61. The second-order valence-corrected chi connectivity index (χ2v) is 5.70. The van der Waals surface area contributed by atoms with Gasteiger partial charge in [-0.3, -0.25) is 0 Å². The third-order valence-electron chi connectivity index (χ3n) is 2.46. The molecule has 0 radical (unpaired) electrons. The zero-order chi connectivity index (χ0) is 13.8. The van der Waals surface area contributed by atoms with Crippen molar-refractivity contribution in [1.29, 1.82) is 0 Å². The molecule has 2 aromatic rings. The number of carboxylic acids is 1. The van der Waals surface area contributed by atoms with Crippen LogP contribution < -0.4 is 4.74 Å². The number of hydrogen-bond acceptors (Lipinski definition) is 2. The van der Waals surface area contributed by atoms with Crippen molar-refractivity contribution in [2.75, 3.05) is 0 Å². The molecule has 0 aliphatic rings. The van der Waals surface area contributed by atoms with E-state index in [4.69, 9.17) is 9.84 Å². The first-order chi connectivity index (χ1) is 9.06. The average Bonchev–Trinajstić information content (AvgIpc) is 2.36. The first-order valence-electron chi connectivity index (χ1n) is 5.46. The molecule has 0 fully saturated rings. The Bertz CT molecular complexity index is 611. The van der Waals surface area contributed by atoms with Crippen molar-refractivity contribution in [3.05, 3.63) is 62.5 Å². The molecule has 1 N–H and O–H groups in total. The van der Waals surface area contributed by atoms with Crippen LogP contribution in [0, 0.1) is 0 Å². The van der Waals surface area contributed by atoms with Crippen molar-refractivity contribution >= 4 is 37.8 Å². The van der Waals surface area contributed by atoms with Crippen molar-refractivity contribution in [2.24, 2.45) is 0 Å². The molecule has 0 aromatic heterocycles. The first kappa shape index (κ1) is 14.1. The van der Waals surface area contributed by atoms with Crippen LogP contribution in [0.2, 0.25) is 0 Å². The lowest BCUT2D eigenvalue weighted by atomic mass is 10.2. The van der Waals surface area contributed by atoms with Gasteiger partial charge in [-0.05, 0) is 35.9 Å². The summed E-state index contributed by atoms with van der Waals surface area (Å²) in [5, 5.41) is 9.10. The van der Waals surface area contributed by atoms with Gasteiger partial charge in [0.05, 0.1) is 0 Å². The van der Waals surface area contributed by atoms with Crippen molar-refractivity contribution in [1.82, 2.24) is 0 Å². The minimum absolute atomic E-state index is 0.151. The monoisotopic (exact) mass is 384 g/mol. The standard InChI is InChI=1S/C14H10Br2O3/c15-10-3-1-2-9(6-10)8-19-13-7-11(16)4-5-12(13)14(17)18/h1-7H,8H2,(H,17,18). The van der Waals surface area contributed by atoms with E-state index in [9.17, 15) is 4.79 Å². The van der Waals surface area contributed by atoms with Gasteiger partial charge < -0.3 is 9.84 Å². The largest absolute Gasteiger partial charge is 0.488 e. The van der Waals surface area contributed by atoms with Crippen LogP contribution in [0.25, 0.3) is 0 Å². The topological polar surface area (TPSA) is 46.5 Å². The number of halogens is 2. The molecule has 98 valence electrons. The molecule has 2 rings (SSSR count). The van der Waals surface area contributed by atoms with Crippen molar-refractivity contribution < 1.29 is 14.6 Å². The highest BCUT2D eigenvalue weighted by Gasteiger charge is 2.11. The van der Waals surface area contributed by atoms with Gasteiger partial charge in [-0.2, -0.15) is 0 Å². The van der Waals surface area contributed by atoms with Gasteiger partial charge in [0.15, 0.2) is 0 Å². The number of aromatic carboxylic acids is 1. The van der Waals surface area contributed by atoms with Gasteiger partial charge in [0.1, 0.15) is 17.9 Å². The first-order valence-corrected chi connectivity index (χ1v) is 7.05. The third-order valence-corrected chi connectivity index (χ3v) is 3.44. The van der Waals surface area contributed by atoms with E-state index < -0.39 is 5.97 Å². The highest BCUT2D eigenvalue weighted by atomic mass is 79.9. The molecule has 2 aromatic carbocycles. The van der Waals surface area contributed by atoms with Crippen molar-refractivity contribution in [2.45, 2.75) is 6.61 Å². The lowest BCUT2D eigenvalue weighted by molar-refractivity contribution is 0.0691. The average molecular weight is 386 g/mol. The van der Waals surface area contributed by atoms with Gasteiger partial charge in [0.2, 0.25) is 0 Å². The number of ether oxygens (including phenoxy) is 1. The second kappa shape index (κ2) is 6.21. The van der Waals surface area contributed by atoms with E-state index in [1.54, 1.807) is 12.1 Å². The molecule has 3 nitrogen and oxygen atoms in total. The van der Waals surface area contributed by atoms with E-state index in [2.05, 4.69) is 31.9 Å². The smallest absolute Gasteiger partial charge is 0.339 e. The van der Waals surface area contributed by atoms with Crippen LogP contribution in [-0.4, -0.2) is 11.1 Å². The summed E-state index contributed by atoms with van der Waals surface area (Å²) in [5.74, 6) is -0.654. The maximum Gasteiger partial charge on any atom is 0.339 e. The number of rotatable bonds is 4. The van der Waals surface area contributed by atoms with Crippen LogP contribution >= 0.6 is 31.9 Å². The summed E-state index contributed by atoms with van der Waals surface area (Å²) in [6.45, 7) is 0.316. The van der Waals surface area contributed by atoms with Crippen LogP contribution in [0.5, 0.6) is 5.75 Å². The SMILES string of the molecule is O=C(O)c1ccc(Br)cc1OCc1cccc(Br)c1. The van der Waals surface area contributed by atoms with Crippen LogP contribution in [-0.2, 0) is 6.61 Å². The van der Waals surface area contributed by atoms with Gasteiger partial charge in [-0.1, -0.05) is 44.0 Å². The Hall–Kier alpha value is -1.33. The molecule has 0 saturated carbocycles. The van der Waals surface area contributed by atoms with Gasteiger partial charge in [0.25, 0.3) is 0 Å². The maximum atomic E-state index is 11.1. The Balaban J connectivity index is 2.19. The fraction of sp³-hybridized carbons (Fsp3) is 0.0714. The predicted molar refractivity (Wildman–Crippen MR) is 79.6 cm³/mol. The van der Waals surface area contributed by atoms with Crippen LogP contribution in [0.1, 0.15) is 15.9 Å². The highest BCUT2D eigenvalue weighted by molar-refractivity contribution is 9.10. The highest BCUT2D eigenvalue weighted by Crippen LogP contribution is 2.25. The summed E-state index contributed by atoms with van der Waals surface area (Å²) >= 11 is 6.68. The molecular formula is C14H10Br2O3. The lowest BCUT2D eigenvalue weighted by Gasteiger charge is -2.10. The maximum absolute atomic E-state index is 11.1. The van der Waals surface area contributed by atoms with Gasteiger partial charge in [-0.25, -0.2) is 4.79 Å². The third kappa shape index (κ3) is 3.81. The molecular weight excluding hydrogens is 376 g/mol. The van der Waals surface area contributed by atoms with E-state index in [0.29, 0.717) is 12.4 Å². The molecule has 0 saturated heterocycles. The predicted octanol–water partition coefficient (Wildman–Crippen LogP) is 4.49. The van der Waals surface area contributed by atoms with E-state index in [-0.39, 0.29) is 5.56 Å². The zero-order valence-corrected chi connectivity index (χ0v) is 12.9. The van der Waals surface area contributed by atoms with Crippen molar-refractivity contribution in [3.63, 3.8) is 0 Å². The van der Waals surface area contributed by atoms with E-state index in [1.165, 1.54) is 6.07 Å². The summed E-state index contributed by atoms with van der Waals surface area (Å²) in [5.41, 5.74) is 1.11. The summed E-state index contributed by atoms with van der Waals surface area (Å²) in [6, 6.07) is 12.5. The minimum atomic E-state index is -1.00. The molecule has 19 heavy (non-hydrogen) atoms. The Morgan fingerprint density at radius 2 is 1.84 bits per heavy atom. The summed E-state index contributed by atoms with van der Waals surface area (Å²) in [7, 11) is 0. The van der Waals surface area contributed by atoms with E-state index in [1.807, 2.05) is 24.3 Å². The fourth-order valence-electron chi connectivity index (χ4n) is 1.58. The number of carbonyl (C=O) groups is 1. The molecule has 0 amide bonds. The molecule has 0 heterocycles. The van der Waals surface area contributed by atoms with Crippen LogP contribution in [0.4, 0.5) is 0 Å². The van der Waals surface area contributed by atoms with Gasteiger partial charge in [-0.15, -0.1) is 0 Å².